The summed E-state index contributed by atoms with van der Waals surface area (Å²) < 4.78 is 39.3. The van der Waals surface area contributed by atoms with Gasteiger partial charge in [0.1, 0.15) is 11.5 Å². The summed E-state index contributed by atoms with van der Waals surface area (Å²) in [5, 5.41) is 16.5. The molecule has 11 heteroatoms. The Hall–Kier alpha value is -4.35. The van der Waals surface area contributed by atoms with E-state index in [1.54, 1.807) is 30.3 Å². The number of anilines is 1. The fourth-order valence-electron chi connectivity index (χ4n) is 4.16. The number of amides is 1. The van der Waals surface area contributed by atoms with Crippen molar-refractivity contribution in [1.29, 1.82) is 0 Å². The van der Waals surface area contributed by atoms with E-state index in [9.17, 15) is 23.1 Å². The first-order valence-corrected chi connectivity index (χ1v) is 12.5. The third-order valence-electron chi connectivity index (χ3n) is 5.95. The maximum atomic E-state index is 13.3. The average molecular weight is 525 g/mol. The van der Waals surface area contributed by atoms with Crippen LogP contribution in [0.2, 0.25) is 0 Å². The Balaban J connectivity index is 1.94. The standard InChI is InChI=1S/C26H24N2O8S/c1-34-18-6-4-5-15(13-18)23-22(24(29)16-7-12-20(35-2)21(14-16)36-3)25(30)26(31)28(23)17-8-10-19(11-9-17)37(27,32)33/h4-14,23,29H,1-3H3,(H2,27,32,33)/b24-22+. The zero-order valence-corrected chi connectivity index (χ0v) is 21.0. The number of carbonyl (C=O) groups is 2. The molecule has 10 nitrogen and oxygen atoms in total. The predicted octanol–water partition coefficient (Wildman–Crippen LogP) is 2.99. The van der Waals surface area contributed by atoms with E-state index in [2.05, 4.69) is 0 Å². The highest BCUT2D eigenvalue weighted by atomic mass is 32.2. The Kier molecular flexibility index (Phi) is 6.92. The van der Waals surface area contributed by atoms with E-state index in [-0.39, 0.29) is 21.7 Å². The Bertz CT molecular complexity index is 1510. The van der Waals surface area contributed by atoms with Crippen molar-refractivity contribution in [2.24, 2.45) is 5.14 Å². The maximum Gasteiger partial charge on any atom is 0.300 e. The van der Waals surface area contributed by atoms with Crippen LogP contribution in [0, 0.1) is 0 Å². The average Bonchev–Trinajstić information content (AvgIpc) is 3.17. The molecule has 0 aromatic heterocycles. The summed E-state index contributed by atoms with van der Waals surface area (Å²) in [6, 6.07) is 15.5. The molecule has 0 radical (unpaired) electrons. The van der Waals surface area contributed by atoms with Gasteiger partial charge in [-0.15, -0.1) is 0 Å². The smallest absolute Gasteiger partial charge is 0.300 e. The fraction of sp³-hybridized carbons (Fsp3) is 0.154. The topological polar surface area (TPSA) is 145 Å². The minimum atomic E-state index is -3.97. The second kappa shape index (κ2) is 9.96. The van der Waals surface area contributed by atoms with Gasteiger partial charge in [-0.2, -0.15) is 0 Å². The molecule has 1 fully saturated rings. The monoisotopic (exact) mass is 524 g/mol. The lowest BCUT2D eigenvalue weighted by molar-refractivity contribution is -0.132. The SMILES string of the molecule is COc1cccc(C2/C(=C(\O)c3ccc(OC)c(OC)c3)C(=O)C(=O)N2c2ccc(S(N)(=O)=O)cc2)c1. The number of aliphatic hydroxyl groups is 1. The molecule has 1 heterocycles. The number of sulfonamides is 1. The molecule has 0 saturated carbocycles. The summed E-state index contributed by atoms with van der Waals surface area (Å²) in [4.78, 5) is 27.7. The van der Waals surface area contributed by atoms with E-state index < -0.39 is 33.5 Å². The molecule has 0 bridgehead atoms. The van der Waals surface area contributed by atoms with Crippen molar-refractivity contribution in [3.05, 3.63) is 83.4 Å². The van der Waals surface area contributed by atoms with Crippen LogP contribution in [-0.4, -0.2) is 46.5 Å². The lowest BCUT2D eigenvalue weighted by Gasteiger charge is -2.26. The van der Waals surface area contributed by atoms with Crippen molar-refractivity contribution in [3.63, 3.8) is 0 Å². The van der Waals surface area contributed by atoms with Crippen LogP contribution in [0.3, 0.4) is 0 Å². The highest BCUT2D eigenvalue weighted by molar-refractivity contribution is 7.89. The van der Waals surface area contributed by atoms with Crippen molar-refractivity contribution in [3.8, 4) is 17.2 Å². The molecule has 1 saturated heterocycles. The number of ether oxygens (including phenoxy) is 3. The van der Waals surface area contributed by atoms with E-state index >= 15 is 0 Å². The third kappa shape index (κ3) is 4.74. The van der Waals surface area contributed by atoms with Crippen LogP contribution < -0.4 is 24.2 Å². The van der Waals surface area contributed by atoms with Gasteiger partial charge >= 0.3 is 0 Å². The van der Waals surface area contributed by atoms with Crippen molar-refractivity contribution in [2.45, 2.75) is 10.9 Å². The van der Waals surface area contributed by atoms with Gasteiger partial charge < -0.3 is 19.3 Å². The first-order chi connectivity index (χ1) is 17.6. The quantitative estimate of drug-likeness (QED) is 0.273. The van der Waals surface area contributed by atoms with Gasteiger partial charge in [0.15, 0.2) is 11.5 Å². The van der Waals surface area contributed by atoms with E-state index in [1.807, 2.05) is 0 Å². The summed E-state index contributed by atoms with van der Waals surface area (Å²) in [7, 11) is 0.403. The zero-order chi connectivity index (χ0) is 26.9. The van der Waals surface area contributed by atoms with Crippen LogP contribution in [0.5, 0.6) is 17.2 Å². The summed E-state index contributed by atoms with van der Waals surface area (Å²) in [6.07, 6.45) is 0. The number of Topliss-reactive ketones (excluding diaryl/α,β-unsaturated/α-hetero) is 1. The molecule has 1 aliphatic rings. The first kappa shape index (κ1) is 25.7. The van der Waals surface area contributed by atoms with E-state index in [0.29, 0.717) is 22.8 Å². The number of primary sulfonamides is 1. The summed E-state index contributed by atoms with van der Waals surface area (Å²) in [5.74, 6) is -1.04. The number of methoxy groups -OCH3 is 3. The molecule has 4 rings (SSSR count). The number of benzene rings is 3. The Labute approximate surface area is 213 Å². The molecule has 1 atom stereocenters. The normalized spacial score (nSPS) is 17.1. The molecule has 0 aliphatic carbocycles. The van der Waals surface area contributed by atoms with Crippen LogP contribution in [0.25, 0.3) is 5.76 Å². The van der Waals surface area contributed by atoms with Gasteiger partial charge in [-0.3, -0.25) is 14.5 Å². The minimum absolute atomic E-state index is 0.156. The molecule has 3 aromatic carbocycles. The molecule has 37 heavy (non-hydrogen) atoms. The van der Waals surface area contributed by atoms with Gasteiger partial charge in [0, 0.05) is 11.3 Å². The van der Waals surface area contributed by atoms with Gasteiger partial charge in [-0.25, -0.2) is 13.6 Å². The molecule has 3 N–H and O–H groups in total. The second-order valence-corrected chi connectivity index (χ2v) is 9.62. The van der Waals surface area contributed by atoms with Crippen molar-refractivity contribution in [1.82, 2.24) is 0 Å². The number of rotatable bonds is 7. The lowest BCUT2D eigenvalue weighted by Crippen LogP contribution is -2.29. The third-order valence-corrected chi connectivity index (χ3v) is 6.88. The summed E-state index contributed by atoms with van der Waals surface area (Å²) in [6.45, 7) is 0. The number of nitrogens with zero attached hydrogens (tertiary/aromatic N) is 1. The van der Waals surface area contributed by atoms with Gasteiger partial charge in [0.2, 0.25) is 10.0 Å². The van der Waals surface area contributed by atoms with Gasteiger partial charge in [0.25, 0.3) is 11.7 Å². The first-order valence-electron chi connectivity index (χ1n) is 10.9. The van der Waals surface area contributed by atoms with Crippen LogP contribution in [0.1, 0.15) is 17.2 Å². The minimum Gasteiger partial charge on any atom is -0.507 e. The van der Waals surface area contributed by atoms with Crippen molar-refractivity contribution < 1.29 is 37.3 Å². The van der Waals surface area contributed by atoms with E-state index in [0.717, 1.165) is 0 Å². The van der Waals surface area contributed by atoms with Crippen LogP contribution >= 0.6 is 0 Å². The van der Waals surface area contributed by atoms with Crippen LogP contribution in [0.4, 0.5) is 5.69 Å². The Morgan fingerprint density at radius 3 is 2.16 bits per heavy atom. The molecule has 0 spiro atoms. The molecular formula is C26H24N2O8S. The molecule has 1 aliphatic heterocycles. The zero-order valence-electron chi connectivity index (χ0n) is 20.2. The molecule has 3 aromatic rings. The van der Waals surface area contributed by atoms with Gasteiger partial charge in [-0.1, -0.05) is 12.1 Å². The molecule has 1 unspecified atom stereocenters. The maximum absolute atomic E-state index is 13.3. The van der Waals surface area contributed by atoms with Crippen molar-refractivity contribution in [2.75, 3.05) is 26.2 Å². The number of hydrogen-bond acceptors (Lipinski definition) is 8. The Morgan fingerprint density at radius 2 is 1.57 bits per heavy atom. The molecular weight excluding hydrogens is 500 g/mol. The number of nitrogens with two attached hydrogens (primary N) is 1. The van der Waals surface area contributed by atoms with E-state index in [1.165, 1.54) is 62.6 Å². The van der Waals surface area contributed by atoms with Crippen molar-refractivity contribution >= 4 is 33.2 Å². The number of hydrogen-bond donors (Lipinski definition) is 2. The van der Waals surface area contributed by atoms with Crippen LogP contribution in [-0.2, 0) is 19.6 Å². The van der Waals surface area contributed by atoms with Gasteiger partial charge in [-0.05, 0) is 60.2 Å². The van der Waals surface area contributed by atoms with Gasteiger partial charge in [0.05, 0.1) is 37.8 Å². The fourth-order valence-corrected chi connectivity index (χ4v) is 4.68. The number of carbonyl (C=O) groups excluding carboxylic acids is 2. The predicted molar refractivity (Wildman–Crippen MR) is 135 cm³/mol. The molecule has 1 amide bonds. The number of aliphatic hydroxyl groups excluding tert-OH is 1. The lowest BCUT2D eigenvalue weighted by atomic mass is 9.95. The summed E-state index contributed by atoms with van der Waals surface area (Å²) >= 11 is 0. The molecule has 192 valence electrons. The summed E-state index contributed by atoms with van der Waals surface area (Å²) in [5.41, 5.74) is 0.777. The van der Waals surface area contributed by atoms with E-state index in [4.69, 9.17) is 19.3 Å². The van der Waals surface area contributed by atoms with Crippen LogP contribution in [0.15, 0.2) is 77.2 Å². The number of ketones is 1. The second-order valence-electron chi connectivity index (χ2n) is 8.05. The Morgan fingerprint density at radius 1 is 0.892 bits per heavy atom. The highest BCUT2D eigenvalue weighted by Crippen LogP contribution is 2.43. The highest BCUT2D eigenvalue weighted by Gasteiger charge is 2.47. The largest absolute Gasteiger partial charge is 0.507 e.